The molecule has 0 bridgehead atoms. The van der Waals surface area contributed by atoms with Gasteiger partial charge in [0.15, 0.2) is 0 Å². The van der Waals surface area contributed by atoms with Crippen LogP contribution in [0.25, 0.3) is 0 Å². The minimum Gasteiger partial charge on any atom is -0.288 e. The summed E-state index contributed by atoms with van der Waals surface area (Å²) in [5, 5.41) is 5.86. The Bertz CT molecular complexity index is 1430. The topological polar surface area (TPSA) is 37.6 Å². The van der Waals surface area contributed by atoms with Gasteiger partial charge in [-0.25, -0.2) is 4.98 Å². The molecule has 0 N–H and O–H groups in total. The van der Waals surface area contributed by atoms with E-state index in [0.29, 0.717) is 0 Å². The van der Waals surface area contributed by atoms with Crippen LogP contribution in [0.4, 0.5) is 0 Å². The van der Waals surface area contributed by atoms with E-state index in [2.05, 4.69) is 153 Å². The number of pyridine rings is 1. The maximum atomic E-state index is 4.94. The zero-order chi connectivity index (χ0) is 30.4. The Labute approximate surface area is 286 Å². The van der Waals surface area contributed by atoms with Gasteiger partial charge in [0.2, 0.25) is 0 Å². The van der Waals surface area contributed by atoms with Gasteiger partial charge in [0, 0.05) is 47.0 Å². The fourth-order valence-corrected chi connectivity index (χ4v) is 10.7. The second-order valence-electron chi connectivity index (χ2n) is 11.0. The molecule has 6 heteroatoms. The molecule has 1 aromatic heterocycles. The molecule has 0 radical (unpaired) electrons. The van der Waals surface area contributed by atoms with Gasteiger partial charge in [0.1, 0.15) is 0 Å². The fraction of sp³-hybridized carbons (Fsp3) is 0.205. The molecule has 0 saturated carbocycles. The van der Waals surface area contributed by atoms with Crippen molar-refractivity contribution < 1.29 is 21.1 Å². The molecule has 0 aliphatic heterocycles. The molecule has 0 aliphatic carbocycles. The van der Waals surface area contributed by atoms with E-state index in [0.717, 1.165) is 61.1 Å². The Morgan fingerprint density at radius 2 is 0.778 bits per heavy atom. The van der Waals surface area contributed by atoms with Crippen molar-refractivity contribution in [3.05, 3.63) is 151 Å². The molecule has 1 heterocycles. The molecule has 3 nitrogen and oxygen atoms in total. The second kappa shape index (κ2) is 18.8. The molecular weight excluding hydrogens is 668 g/mol. The molecule has 4 aromatic carbocycles. The van der Waals surface area contributed by atoms with Crippen LogP contribution in [0, 0.1) is 0 Å². The summed E-state index contributed by atoms with van der Waals surface area (Å²) in [7, 11) is -1.65. The van der Waals surface area contributed by atoms with Crippen LogP contribution in [0.2, 0.25) is 0 Å². The number of hydrogen-bond donors (Lipinski definition) is 0. The average molecular weight is 712 g/mol. The van der Waals surface area contributed by atoms with Gasteiger partial charge in [0.05, 0.1) is 72.2 Å². The number of nitrogens with zero attached hydrogens (tertiary/aromatic N) is 3. The van der Waals surface area contributed by atoms with Gasteiger partial charge in [-0.05, 0) is 74.5 Å². The smallest absolute Gasteiger partial charge is 0.0966 e. The number of rotatable bonds is 14. The summed E-state index contributed by atoms with van der Waals surface area (Å²) in [6, 6.07) is 50.1. The summed E-state index contributed by atoms with van der Waals surface area (Å²) < 4.78 is 0. The first kappa shape index (κ1) is 34.8. The van der Waals surface area contributed by atoms with E-state index in [4.69, 9.17) is 15.0 Å². The van der Waals surface area contributed by atoms with Crippen LogP contribution in [0.5, 0.6) is 0 Å². The summed E-state index contributed by atoms with van der Waals surface area (Å²) in [5.74, 6) is 0. The predicted octanol–water partition coefficient (Wildman–Crippen LogP) is 7.21. The van der Waals surface area contributed by atoms with Crippen LogP contribution in [0.1, 0.15) is 38.1 Å². The Balaban J connectivity index is 0.00000461. The third kappa shape index (κ3) is 10.5. The summed E-state index contributed by atoms with van der Waals surface area (Å²) in [5.41, 5.74) is 3.86. The van der Waals surface area contributed by atoms with Gasteiger partial charge in [-0.1, -0.05) is 78.9 Å². The SMILES string of the molecule is CC(=NCCC[PH+](c1ccccc1)c1ccccc1)c1cccc(C(C)=NCCC[PH+](c2ccccc2)c2ccccc2)n1.[Mo]. The summed E-state index contributed by atoms with van der Waals surface area (Å²) in [4.78, 5) is 14.8. The van der Waals surface area contributed by atoms with E-state index < -0.39 is 15.8 Å². The van der Waals surface area contributed by atoms with Gasteiger partial charge >= 0.3 is 0 Å². The standard InChI is InChI=1S/C39H41N3P2.Mo/c1-32(40-28-16-30-43(34-18-7-3-8-19-34)35-20-9-4-10-21-35)38-26-15-27-39(42-38)33(2)41-29-17-31-44(36-22-11-5-12-23-36)37-24-13-6-14-25-37;/h3-15,18-27H,16-17,28-31H2,1-2H3;/p+2. The van der Waals surface area contributed by atoms with Crippen LogP contribution >= 0.6 is 15.8 Å². The van der Waals surface area contributed by atoms with Crippen molar-refractivity contribution in [3.8, 4) is 0 Å². The monoisotopic (exact) mass is 713 g/mol. The van der Waals surface area contributed by atoms with E-state index in [1.807, 2.05) is 0 Å². The van der Waals surface area contributed by atoms with Gasteiger partial charge in [-0.15, -0.1) is 0 Å². The maximum Gasteiger partial charge on any atom is 0.0966 e. The molecule has 0 saturated heterocycles. The minimum atomic E-state index is -0.826. The van der Waals surface area contributed by atoms with Crippen molar-refractivity contribution in [1.29, 1.82) is 0 Å². The molecule has 0 amide bonds. The molecule has 0 unspecified atom stereocenters. The predicted molar refractivity (Wildman–Crippen MR) is 198 cm³/mol. The normalized spacial score (nSPS) is 11.9. The van der Waals surface area contributed by atoms with Crippen LogP contribution < -0.4 is 21.2 Å². The van der Waals surface area contributed by atoms with E-state index in [1.54, 1.807) is 0 Å². The van der Waals surface area contributed by atoms with E-state index in [-0.39, 0.29) is 21.1 Å². The summed E-state index contributed by atoms with van der Waals surface area (Å²) >= 11 is 0. The molecule has 5 rings (SSSR count). The first-order valence-electron chi connectivity index (χ1n) is 15.6. The molecule has 0 atom stereocenters. The number of benzene rings is 4. The van der Waals surface area contributed by atoms with Crippen molar-refractivity contribution >= 4 is 48.5 Å². The van der Waals surface area contributed by atoms with Crippen LogP contribution in [0.15, 0.2) is 150 Å². The van der Waals surface area contributed by atoms with Crippen molar-refractivity contribution in [1.82, 2.24) is 4.98 Å². The first-order valence-corrected chi connectivity index (χ1v) is 19.0. The third-order valence-electron chi connectivity index (χ3n) is 7.85. The third-order valence-corrected chi connectivity index (χ3v) is 13.7. The molecule has 0 spiro atoms. The van der Waals surface area contributed by atoms with Gasteiger partial charge in [-0.2, -0.15) is 0 Å². The quantitative estimate of drug-likeness (QED) is 0.0520. The molecule has 5 aromatic rings. The zero-order valence-corrected chi connectivity index (χ0v) is 30.3. The van der Waals surface area contributed by atoms with Gasteiger partial charge < -0.3 is 0 Å². The number of aliphatic imine (C=N–C) groups is 2. The van der Waals surface area contributed by atoms with Gasteiger partial charge in [0.25, 0.3) is 0 Å². The van der Waals surface area contributed by atoms with Crippen LogP contribution in [0.3, 0.4) is 0 Å². The molecule has 228 valence electrons. The zero-order valence-electron chi connectivity index (χ0n) is 26.3. The summed E-state index contributed by atoms with van der Waals surface area (Å²) in [6.45, 7) is 5.78. The largest absolute Gasteiger partial charge is 0.288 e. The first-order chi connectivity index (χ1) is 21.7. The average Bonchev–Trinajstić information content (AvgIpc) is 3.09. The number of aromatic nitrogens is 1. The second-order valence-corrected chi connectivity index (χ2v) is 16.2. The van der Waals surface area contributed by atoms with Crippen molar-refractivity contribution in [2.45, 2.75) is 26.7 Å². The van der Waals surface area contributed by atoms with E-state index >= 15 is 0 Å². The van der Waals surface area contributed by atoms with Crippen molar-refractivity contribution in [3.63, 3.8) is 0 Å². The molecular formula is C39H43MoN3P2+2. The summed E-state index contributed by atoms with van der Waals surface area (Å²) in [6.07, 6.45) is 4.44. The van der Waals surface area contributed by atoms with E-state index in [9.17, 15) is 0 Å². The van der Waals surface area contributed by atoms with Crippen LogP contribution in [-0.4, -0.2) is 41.8 Å². The van der Waals surface area contributed by atoms with Crippen molar-refractivity contribution in [2.75, 3.05) is 25.4 Å². The van der Waals surface area contributed by atoms with Crippen molar-refractivity contribution in [2.24, 2.45) is 9.98 Å². The van der Waals surface area contributed by atoms with Crippen LogP contribution in [-0.2, 0) is 21.1 Å². The molecule has 0 fully saturated rings. The van der Waals surface area contributed by atoms with Gasteiger partial charge in [-0.3, -0.25) is 9.98 Å². The number of hydrogen-bond acceptors (Lipinski definition) is 3. The maximum absolute atomic E-state index is 4.94. The molecule has 45 heavy (non-hydrogen) atoms. The fourth-order valence-electron chi connectivity index (χ4n) is 5.47. The Hall–Kier alpha value is -3.08. The molecule has 0 aliphatic rings. The minimum absolute atomic E-state index is 0. The Kier molecular flexibility index (Phi) is 14.5. The Morgan fingerprint density at radius 1 is 0.467 bits per heavy atom. The Morgan fingerprint density at radius 3 is 1.09 bits per heavy atom. The van der Waals surface area contributed by atoms with E-state index in [1.165, 1.54) is 21.2 Å².